The van der Waals surface area contributed by atoms with Gasteiger partial charge >= 0.3 is 0 Å². The molecule has 1 saturated heterocycles. The molecule has 0 aromatic rings. The van der Waals surface area contributed by atoms with E-state index in [0.717, 1.165) is 5.57 Å². The molecule has 0 aliphatic carbocycles. The van der Waals surface area contributed by atoms with E-state index in [9.17, 15) is 9.59 Å². The van der Waals surface area contributed by atoms with Crippen molar-refractivity contribution in [2.24, 2.45) is 5.41 Å². The lowest BCUT2D eigenvalue weighted by Gasteiger charge is -2.42. The Labute approximate surface area is 103 Å². The molecule has 17 heavy (non-hydrogen) atoms. The molecule has 2 amide bonds. The van der Waals surface area contributed by atoms with Crippen LogP contribution in [0.2, 0.25) is 0 Å². The van der Waals surface area contributed by atoms with E-state index in [4.69, 9.17) is 0 Å². The fourth-order valence-electron chi connectivity index (χ4n) is 1.92. The highest BCUT2D eigenvalue weighted by Crippen LogP contribution is 2.25. The van der Waals surface area contributed by atoms with Gasteiger partial charge in [0.2, 0.25) is 11.8 Å². The van der Waals surface area contributed by atoms with E-state index in [1.807, 2.05) is 27.7 Å². The molecule has 1 fully saturated rings. The van der Waals surface area contributed by atoms with Crippen LogP contribution in [0.5, 0.6) is 0 Å². The molecule has 0 aromatic heterocycles. The summed E-state index contributed by atoms with van der Waals surface area (Å²) in [7, 11) is 0. The molecule has 1 aliphatic rings. The summed E-state index contributed by atoms with van der Waals surface area (Å²) in [6.07, 6.45) is 0. The molecule has 1 rings (SSSR count). The van der Waals surface area contributed by atoms with Gasteiger partial charge in [0.05, 0.1) is 0 Å². The lowest BCUT2D eigenvalue weighted by Crippen LogP contribution is -2.65. The molecule has 1 N–H and O–H groups in total. The molecule has 0 spiro atoms. The molecule has 0 saturated carbocycles. The number of hydrogen-bond donors (Lipinski definition) is 1. The van der Waals surface area contributed by atoms with E-state index in [-0.39, 0.29) is 17.2 Å². The molecule has 0 aromatic carbocycles. The predicted octanol–water partition coefficient (Wildman–Crippen LogP) is 1.32. The molecule has 0 bridgehead atoms. The van der Waals surface area contributed by atoms with Crippen molar-refractivity contribution in [2.75, 3.05) is 6.54 Å². The third kappa shape index (κ3) is 2.87. The van der Waals surface area contributed by atoms with Crippen molar-refractivity contribution in [1.29, 1.82) is 0 Å². The van der Waals surface area contributed by atoms with Gasteiger partial charge in [0.25, 0.3) is 0 Å². The van der Waals surface area contributed by atoms with Gasteiger partial charge in [-0.3, -0.25) is 9.59 Å². The van der Waals surface area contributed by atoms with E-state index in [1.165, 1.54) is 0 Å². The van der Waals surface area contributed by atoms with Gasteiger partial charge in [0.15, 0.2) is 0 Å². The summed E-state index contributed by atoms with van der Waals surface area (Å²) in [6.45, 7) is 13.7. The lowest BCUT2D eigenvalue weighted by atomic mass is 9.84. The minimum absolute atomic E-state index is 0.0207. The molecule has 4 nitrogen and oxygen atoms in total. The van der Waals surface area contributed by atoms with Crippen LogP contribution in [-0.2, 0) is 9.59 Å². The Balaban J connectivity index is 2.99. The molecule has 1 heterocycles. The Bertz CT molecular complexity index is 355. The molecule has 1 aliphatic heterocycles. The Morgan fingerprint density at radius 3 is 2.35 bits per heavy atom. The van der Waals surface area contributed by atoms with Crippen LogP contribution < -0.4 is 5.32 Å². The van der Waals surface area contributed by atoms with Crippen LogP contribution in [-0.4, -0.2) is 35.3 Å². The summed E-state index contributed by atoms with van der Waals surface area (Å²) in [5.41, 5.74) is 0.604. The fourth-order valence-corrected chi connectivity index (χ4v) is 1.92. The maximum absolute atomic E-state index is 12.3. The number of nitrogens with one attached hydrogen (secondary N) is 1. The van der Waals surface area contributed by atoms with E-state index < -0.39 is 12.1 Å². The molecule has 2 atom stereocenters. The monoisotopic (exact) mass is 238 g/mol. The first kappa shape index (κ1) is 13.7. The second-order valence-electron chi connectivity index (χ2n) is 5.91. The number of hydrogen-bond acceptors (Lipinski definition) is 2. The van der Waals surface area contributed by atoms with Gasteiger partial charge in [-0.25, -0.2) is 0 Å². The summed E-state index contributed by atoms with van der Waals surface area (Å²) >= 11 is 0. The quantitative estimate of drug-likeness (QED) is 0.738. The van der Waals surface area contributed by atoms with Gasteiger partial charge in [-0.2, -0.15) is 0 Å². The van der Waals surface area contributed by atoms with Crippen molar-refractivity contribution >= 4 is 11.8 Å². The maximum atomic E-state index is 12.3. The van der Waals surface area contributed by atoms with Gasteiger partial charge in [-0.05, 0) is 19.3 Å². The van der Waals surface area contributed by atoms with Crippen molar-refractivity contribution in [3.05, 3.63) is 12.2 Å². The zero-order valence-electron chi connectivity index (χ0n) is 11.3. The molecule has 4 heteroatoms. The van der Waals surface area contributed by atoms with E-state index >= 15 is 0 Å². The van der Waals surface area contributed by atoms with Gasteiger partial charge in [-0.15, -0.1) is 0 Å². The zero-order chi connectivity index (χ0) is 13.4. The maximum Gasteiger partial charge on any atom is 0.246 e. The summed E-state index contributed by atoms with van der Waals surface area (Å²) in [6, 6.07) is -0.872. The van der Waals surface area contributed by atoms with Crippen LogP contribution in [0, 0.1) is 5.41 Å². The third-order valence-corrected chi connectivity index (χ3v) is 2.97. The standard InChI is InChI=1S/C13H22N2O2/c1-8(2)7-15-9(3)11(16)14-10(12(15)17)13(4,5)6/h9-10H,1,7H2,2-6H3,(H,14,16). The topological polar surface area (TPSA) is 49.4 Å². The average Bonchev–Trinajstić information content (AvgIpc) is 2.16. The summed E-state index contributed by atoms with van der Waals surface area (Å²) in [5.74, 6) is -0.113. The normalized spacial score (nSPS) is 25.8. The van der Waals surface area contributed by atoms with Crippen LogP contribution in [0.3, 0.4) is 0 Å². The Morgan fingerprint density at radius 2 is 1.94 bits per heavy atom. The second-order valence-corrected chi connectivity index (χ2v) is 5.91. The predicted molar refractivity (Wildman–Crippen MR) is 67.4 cm³/mol. The lowest BCUT2D eigenvalue weighted by molar-refractivity contribution is -0.151. The first-order chi connectivity index (χ1) is 7.64. The smallest absolute Gasteiger partial charge is 0.246 e. The number of carbonyl (C=O) groups excluding carboxylic acids is 2. The van der Waals surface area contributed by atoms with Crippen LogP contribution >= 0.6 is 0 Å². The highest BCUT2D eigenvalue weighted by Gasteiger charge is 2.43. The van der Waals surface area contributed by atoms with Gasteiger partial charge in [0.1, 0.15) is 12.1 Å². The molecular formula is C13H22N2O2. The van der Waals surface area contributed by atoms with Crippen LogP contribution in [0.15, 0.2) is 12.2 Å². The molecular weight excluding hydrogens is 216 g/mol. The van der Waals surface area contributed by atoms with Crippen LogP contribution in [0.25, 0.3) is 0 Å². The van der Waals surface area contributed by atoms with Crippen molar-refractivity contribution in [3.63, 3.8) is 0 Å². The van der Waals surface area contributed by atoms with Crippen LogP contribution in [0.4, 0.5) is 0 Å². The number of nitrogens with zero attached hydrogens (tertiary/aromatic N) is 1. The fraction of sp³-hybridized carbons (Fsp3) is 0.692. The first-order valence-corrected chi connectivity index (χ1v) is 5.90. The van der Waals surface area contributed by atoms with E-state index in [1.54, 1.807) is 11.8 Å². The molecule has 96 valence electrons. The average molecular weight is 238 g/mol. The van der Waals surface area contributed by atoms with Gasteiger partial charge in [0, 0.05) is 6.54 Å². The number of carbonyl (C=O) groups is 2. The zero-order valence-corrected chi connectivity index (χ0v) is 11.3. The summed E-state index contributed by atoms with van der Waals surface area (Å²) in [4.78, 5) is 25.8. The number of piperazine rings is 1. The number of rotatable bonds is 2. The van der Waals surface area contributed by atoms with Crippen molar-refractivity contribution in [1.82, 2.24) is 10.2 Å². The van der Waals surface area contributed by atoms with E-state index in [2.05, 4.69) is 11.9 Å². The summed E-state index contributed by atoms with van der Waals surface area (Å²) in [5, 5.41) is 2.80. The highest BCUT2D eigenvalue weighted by atomic mass is 16.2. The van der Waals surface area contributed by atoms with Crippen molar-refractivity contribution in [3.8, 4) is 0 Å². The van der Waals surface area contributed by atoms with Crippen molar-refractivity contribution < 1.29 is 9.59 Å². The largest absolute Gasteiger partial charge is 0.342 e. The molecule has 2 unspecified atom stereocenters. The third-order valence-electron chi connectivity index (χ3n) is 2.97. The SMILES string of the molecule is C=C(C)CN1C(=O)C(C(C)(C)C)NC(=O)C1C. The Kier molecular flexibility index (Phi) is 3.65. The van der Waals surface area contributed by atoms with Gasteiger partial charge < -0.3 is 10.2 Å². The first-order valence-electron chi connectivity index (χ1n) is 5.90. The minimum atomic E-state index is -0.453. The van der Waals surface area contributed by atoms with Gasteiger partial charge in [-0.1, -0.05) is 32.9 Å². The molecule has 0 radical (unpaired) electrons. The second kappa shape index (κ2) is 4.51. The Hall–Kier alpha value is -1.32. The number of amides is 2. The minimum Gasteiger partial charge on any atom is -0.342 e. The highest BCUT2D eigenvalue weighted by molar-refractivity contribution is 5.97. The van der Waals surface area contributed by atoms with Crippen LogP contribution in [0.1, 0.15) is 34.6 Å². The summed E-state index contributed by atoms with van der Waals surface area (Å²) < 4.78 is 0. The van der Waals surface area contributed by atoms with E-state index in [0.29, 0.717) is 6.54 Å². The Morgan fingerprint density at radius 1 is 1.41 bits per heavy atom. The van der Waals surface area contributed by atoms with Crippen molar-refractivity contribution in [2.45, 2.75) is 46.7 Å².